The molecule has 0 aliphatic carbocycles. The first-order valence-electron chi connectivity index (χ1n) is 6.09. The van der Waals surface area contributed by atoms with Crippen LogP contribution in [-0.4, -0.2) is 17.5 Å². The zero-order valence-electron chi connectivity index (χ0n) is 10.7. The van der Waals surface area contributed by atoms with Crippen LogP contribution in [-0.2, 0) is 0 Å². The van der Waals surface area contributed by atoms with E-state index in [4.69, 9.17) is 0 Å². The highest BCUT2D eigenvalue weighted by molar-refractivity contribution is 7.99. The lowest BCUT2D eigenvalue weighted by Gasteiger charge is -2.39. The molecule has 0 radical (unpaired) electrons. The maximum Gasteiger partial charge on any atom is 0.126 e. The summed E-state index contributed by atoms with van der Waals surface area (Å²) >= 11 is 2.00. The van der Waals surface area contributed by atoms with Crippen LogP contribution in [0.1, 0.15) is 25.8 Å². The van der Waals surface area contributed by atoms with Gasteiger partial charge in [0, 0.05) is 17.5 Å². The van der Waals surface area contributed by atoms with Gasteiger partial charge in [0.05, 0.1) is 0 Å². The number of nitrogens with one attached hydrogen (secondary N) is 1. The molecule has 1 heterocycles. The lowest BCUT2D eigenvalue weighted by atomic mass is 9.82. The van der Waals surface area contributed by atoms with E-state index in [2.05, 4.69) is 19.2 Å². The third kappa shape index (κ3) is 2.95. The predicted molar refractivity (Wildman–Crippen MR) is 74.3 cm³/mol. The molecule has 17 heavy (non-hydrogen) atoms. The monoisotopic (exact) mass is 253 g/mol. The Labute approximate surface area is 107 Å². The number of benzene rings is 1. The molecule has 1 unspecified atom stereocenters. The predicted octanol–water partition coefficient (Wildman–Crippen LogP) is 4.08. The third-order valence-electron chi connectivity index (χ3n) is 3.62. The van der Waals surface area contributed by atoms with Gasteiger partial charge in [-0.3, -0.25) is 0 Å². The van der Waals surface area contributed by atoms with E-state index in [1.807, 2.05) is 23.9 Å². The molecule has 0 spiro atoms. The molecule has 3 heteroatoms. The minimum atomic E-state index is -0.132. The Hall–Kier alpha value is -0.700. The zero-order valence-corrected chi connectivity index (χ0v) is 11.5. The maximum absolute atomic E-state index is 13.2. The van der Waals surface area contributed by atoms with Crippen molar-refractivity contribution in [1.29, 1.82) is 0 Å². The number of thioether (sulfide) groups is 1. The van der Waals surface area contributed by atoms with E-state index >= 15 is 0 Å². The summed E-state index contributed by atoms with van der Waals surface area (Å²) in [4.78, 5) is 0. The summed E-state index contributed by atoms with van der Waals surface area (Å²) in [6, 6.07) is 5.73. The quantitative estimate of drug-likeness (QED) is 0.852. The zero-order chi connectivity index (χ0) is 12.5. The lowest BCUT2D eigenvalue weighted by molar-refractivity contribution is 0.305. The van der Waals surface area contributed by atoms with Gasteiger partial charge in [0.1, 0.15) is 5.82 Å². The second-order valence-electron chi connectivity index (χ2n) is 5.47. The average Bonchev–Trinajstić information content (AvgIpc) is 2.26. The molecule has 1 nitrogen and oxygen atoms in total. The Morgan fingerprint density at radius 2 is 2.18 bits per heavy atom. The maximum atomic E-state index is 13.2. The van der Waals surface area contributed by atoms with Gasteiger partial charge in [-0.05, 0) is 48.3 Å². The first kappa shape index (κ1) is 12.7. The molecule has 1 saturated heterocycles. The molecule has 1 aromatic rings. The van der Waals surface area contributed by atoms with E-state index in [-0.39, 0.29) is 5.82 Å². The van der Waals surface area contributed by atoms with Crippen molar-refractivity contribution in [2.45, 2.75) is 33.2 Å². The van der Waals surface area contributed by atoms with Crippen LogP contribution in [0.3, 0.4) is 0 Å². The fourth-order valence-electron chi connectivity index (χ4n) is 2.11. The molecule has 0 aromatic heterocycles. The normalized spacial score (nSPS) is 23.4. The van der Waals surface area contributed by atoms with Crippen molar-refractivity contribution in [3.63, 3.8) is 0 Å². The number of aryl methyl sites for hydroxylation is 1. The lowest BCUT2D eigenvalue weighted by Crippen LogP contribution is -2.41. The van der Waals surface area contributed by atoms with Crippen LogP contribution < -0.4 is 5.32 Å². The Kier molecular flexibility index (Phi) is 3.67. The van der Waals surface area contributed by atoms with E-state index in [0.29, 0.717) is 17.0 Å². The standard InChI is InChI=1S/C14H20FNS/c1-10-8-11(4-5-12(10)15)16-13-9-17-7-6-14(13,2)3/h4-5,8,13,16H,6-7,9H2,1-3H3. The van der Waals surface area contributed by atoms with Crippen molar-refractivity contribution in [3.05, 3.63) is 29.6 Å². The summed E-state index contributed by atoms with van der Waals surface area (Å²) in [5.74, 6) is 2.24. The molecular formula is C14H20FNS. The second-order valence-corrected chi connectivity index (χ2v) is 6.62. The van der Waals surface area contributed by atoms with E-state index in [9.17, 15) is 4.39 Å². The molecule has 1 aliphatic heterocycles. The molecule has 1 atom stereocenters. The first-order chi connectivity index (χ1) is 7.99. The number of anilines is 1. The van der Waals surface area contributed by atoms with Crippen molar-refractivity contribution >= 4 is 17.4 Å². The van der Waals surface area contributed by atoms with Crippen LogP contribution in [0, 0.1) is 18.2 Å². The van der Waals surface area contributed by atoms with Crippen molar-refractivity contribution < 1.29 is 4.39 Å². The van der Waals surface area contributed by atoms with Gasteiger partial charge >= 0.3 is 0 Å². The molecule has 1 aliphatic rings. The molecular weight excluding hydrogens is 233 g/mol. The highest BCUT2D eigenvalue weighted by atomic mass is 32.2. The van der Waals surface area contributed by atoms with Crippen molar-refractivity contribution in [2.75, 3.05) is 16.8 Å². The summed E-state index contributed by atoms with van der Waals surface area (Å²) in [6.45, 7) is 6.42. The van der Waals surface area contributed by atoms with E-state index in [0.717, 1.165) is 11.4 Å². The Balaban J connectivity index is 2.11. The van der Waals surface area contributed by atoms with Crippen molar-refractivity contribution in [3.8, 4) is 0 Å². The highest BCUT2D eigenvalue weighted by Crippen LogP contribution is 2.36. The fraction of sp³-hybridized carbons (Fsp3) is 0.571. The second kappa shape index (κ2) is 4.89. The van der Waals surface area contributed by atoms with Crippen LogP contribution in [0.5, 0.6) is 0 Å². The van der Waals surface area contributed by atoms with Gasteiger partial charge in [-0.2, -0.15) is 11.8 Å². The fourth-order valence-corrected chi connectivity index (χ4v) is 3.72. The highest BCUT2D eigenvalue weighted by Gasteiger charge is 2.32. The van der Waals surface area contributed by atoms with Crippen molar-refractivity contribution in [1.82, 2.24) is 0 Å². The average molecular weight is 253 g/mol. The molecule has 0 amide bonds. The van der Waals surface area contributed by atoms with Crippen molar-refractivity contribution in [2.24, 2.45) is 5.41 Å². The molecule has 2 rings (SSSR count). The topological polar surface area (TPSA) is 12.0 Å². The van der Waals surface area contributed by atoms with Gasteiger partial charge in [-0.15, -0.1) is 0 Å². The van der Waals surface area contributed by atoms with Crippen LogP contribution in [0.15, 0.2) is 18.2 Å². The third-order valence-corrected chi connectivity index (χ3v) is 4.68. The SMILES string of the molecule is Cc1cc(NC2CSCCC2(C)C)ccc1F. The Morgan fingerprint density at radius 3 is 2.82 bits per heavy atom. The number of rotatable bonds is 2. The summed E-state index contributed by atoms with van der Waals surface area (Å²) in [5.41, 5.74) is 2.05. The van der Waals surface area contributed by atoms with Crippen LogP contribution in [0.2, 0.25) is 0 Å². The minimum Gasteiger partial charge on any atom is -0.381 e. The van der Waals surface area contributed by atoms with Gasteiger partial charge < -0.3 is 5.32 Å². The van der Waals surface area contributed by atoms with E-state index < -0.39 is 0 Å². The van der Waals surface area contributed by atoms with Crippen LogP contribution in [0.4, 0.5) is 10.1 Å². The van der Waals surface area contributed by atoms with Gasteiger partial charge in [-0.25, -0.2) is 4.39 Å². The van der Waals surface area contributed by atoms with Gasteiger partial charge in [-0.1, -0.05) is 13.8 Å². The molecule has 1 fully saturated rings. The molecule has 0 bridgehead atoms. The van der Waals surface area contributed by atoms with E-state index in [1.54, 1.807) is 13.0 Å². The molecule has 1 aromatic carbocycles. The Bertz CT molecular complexity index is 403. The van der Waals surface area contributed by atoms with Crippen LogP contribution >= 0.6 is 11.8 Å². The smallest absolute Gasteiger partial charge is 0.126 e. The van der Waals surface area contributed by atoms with Gasteiger partial charge in [0.25, 0.3) is 0 Å². The molecule has 1 N–H and O–H groups in total. The number of halogens is 1. The van der Waals surface area contributed by atoms with Gasteiger partial charge in [0.2, 0.25) is 0 Å². The minimum absolute atomic E-state index is 0.132. The van der Waals surface area contributed by atoms with Gasteiger partial charge in [0.15, 0.2) is 0 Å². The largest absolute Gasteiger partial charge is 0.381 e. The molecule has 94 valence electrons. The number of hydrogen-bond donors (Lipinski definition) is 1. The summed E-state index contributed by atoms with van der Waals surface area (Å²) in [6.07, 6.45) is 1.23. The summed E-state index contributed by atoms with van der Waals surface area (Å²) in [7, 11) is 0. The van der Waals surface area contributed by atoms with E-state index in [1.165, 1.54) is 12.2 Å². The summed E-state index contributed by atoms with van der Waals surface area (Å²) < 4.78 is 13.2. The Morgan fingerprint density at radius 1 is 1.41 bits per heavy atom. The molecule has 0 saturated carbocycles. The summed E-state index contributed by atoms with van der Waals surface area (Å²) in [5, 5.41) is 3.55. The van der Waals surface area contributed by atoms with Crippen LogP contribution in [0.25, 0.3) is 0 Å². The number of hydrogen-bond acceptors (Lipinski definition) is 2. The first-order valence-corrected chi connectivity index (χ1v) is 7.25.